The minimum Gasteiger partial charge on any atom is -0.444 e. The van der Waals surface area contributed by atoms with Crippen molar-refractivity contribution in [3.63, 3.8) is 0 Å². The van der Waals surface area contributed by atoms with Gasteiger partial charge in [0.2, 0.25) is 5.91 Å². The number of nitrogens with zero attached hydrogens (tertiary/aromatic N) is 4. The van der Waals surface area contributed by atoms with Gasteiger partial charge in [-0.1, -0.05) is 28.1 Å². The second-order valence-corrected chi connectivity index (χ2v) is 12.3. The second-order valence-electron chi connectivity index (χ2n) is 11.4. The average Bonchev–Trinajstić information content (AvgIpc) is 3.28. The van der Waals surface area contributed by atoms with E-state index in [0.29, 0.717) is 26.1 Å². The molecule has 1 aliphatic heterocycles. The number of carbonyl (C=O) groups excluding carboxylic acids is 2. The Kier molecular flexibility index (Phi) is 10.2. The van der Waals surface area contributed by atoms with Gasteiger partial charge in [-0.2, -0.15) is 0 Å². The lowest BCUT2D eigenvalue weighted by atomic mass is 9.95. The highest BCUT2D eigenvalue weighted by atomic mass is 79.9. The number of ether oxygens (including phenoxy) is 2. The molecule has 10 heteroatoms. The van der Waals surface area contributed by atoms with Gasteiger partial charge in [-0.15, -0.1) is 0 Å². The topological polar surface area (TPSA) is 98.6 Å². The summed E-state index contributed by atoms with van der Waals surface area (Å²) in [5.74, 6) is 1.14. The summed E-state index contributed by atoms with van der Waals surface area (Å²) in [5.41, 5.74) is 2.34. The molecule has 0 spiro atoms. The number of amides is 2. The standard InChI is InChI=1S/C30H40BrN5O4/c1-30(2,3)40-29(38)33-24(17-21-8-10-23(31)11-9-21)18-27(37)35-14-5-7-22(20-35)28-34-25-12-13-32-19-26(25)36(28)15-6-16-39-4/h8-13,19,22,24H,5-7,14-18,20H2,1-4H3,(H,33,38). The number of hydrogen-bond donors (Lipinski definition) is 1. The maximum atomic E-state index is 13.6. The number of likely N-dealkylation sites (tertiary alicyclic amines) is 1. The van der Waals surface area contributed by atoms with E-state index in [4.69, 9.17) is 14.5 Å². The van der Waals surface area contributed by atoms with Gasteiger partial charge in [0.15, 0.2) is 0 Å². The van der Waals surface area contributed by atoms with E-state index in [-0.39, 0.29) is 18.2 Å². The van der Waals surface area contributed by atoms with Gasteiger partial charge in [-0.3, -0.25) is 9.78 Å². The Morgan fingerprint density at radius 3 is 2.70 bits per heavy atom. The van der Waals surface area contributed by atoms with Gasteiger partial charge in [0.1, 0.15) is 11.4 Å². The number of aromatic nitrogens is 3. The molecule has 1 aromatic carbocycles. The van der Waals surface area contributed by atoms with Crippen molar-refractivity contribution in [3.05, 3.63) is 58.6 Å². The van der Waals surface area contributed by atoms with E-state index in [1.165, 1.54) is 0 Å². The zero-order valence-electron chi connectivity index (χ0n) is 23.9. The van der Waals surface area contributed by atoms with Crippen molar-refractivity contribution in [3.8, 4) is 0 Å². The van der Waals surface area contributed by atoms with Crippen molar-refractivity contribution in [1.29, 1.82) is 0 Å². The molecule has 1 saturated heterocycles. The highest BCUT2D eigenvalue weighted by Crippen LogP contribution is 2.30. The van der Waals surface area contributed by atoms with Crippen LogP contribution in [0.25, 0.3) is 11.0 Å². The number of aryl methyl sites for hydroxylation is 1. The van der Waals surface area contributed by atoms with Gasteiger partial charge < -0.3 is 24.3 Å². The number of methoxy groups -OCH3 is 1. The van der Waals surface area contributed by atoms with Gasteiger partial charge in [-0.25, -0.2) is 9.78 Å². The lowest BCUT2D eigenvalue weighted by molar-refractivity contribution is -0.132. The molecule has 1 aliphatic rings. The zero-order valence-corrected chi connectivity index (χ0v) is 25.4. The molecule has 2 unspecified atom stereocenters. The van der Waals surface area contributed by atoms with E-state index in [1.807, 2.05) is 62.2 Å². The van der Waals surface area contributed by atoms with Crippen LogP contribution in [0.2, 0.25) is 0 Å². The Bertz CT molecular complexity index is 1290. The number of pyridine rings is 1. The number of alkyl carbamates (subject to hydrolysis) is 1. The molecule has 3 aromatic rings. The first-order valence-electron chi connectivity index (χ1n) is 13.9. The van der Waals surface area contributed by atoms with E-state index >= 15 is 0 Å². The molecule has 0 aliphatic carbocycles. The van der Waals surface area contributed by atoms with Crippen LogP contribution in [0.15, 0.2) is 47.2 Å². The molecule has 0 bridgehead atoms. The summed E-state index contributed by atoms with van der Waals surface area (Å²) in [6.07, 6.45) is 6.55. The van der Waals surface area contributed by atoms with Crippen LogP contribution in [0.5, 0.6) is 0 Å². The van der Waals surface area contributed by atoms with E-state index < -0.39 is 17.7 Å². The summed E-state index contributed by atoms with van der Waals surface area (Å²) in [6, 6.07) is 9.47. The molecule has 2 aromatic heterocycles. The third-order valence-electron chi connectivity index (χ3n) is 6.99. The summed E-state index contributed by atoms with van der Waals surface area (Å²) < 4.78 is 14.0. The number of imidazole rings is 1. The first kappa shape index (κ1) is 30.0. The number of hydrogen-bond acceptors (Lipinski definition) is 6. The monoisotopic (exact) mass is 613 g/mol. The molecule has 216 valence electrons. The highest BCUT2D eigenvalue weighted by molar-refractivity contribution is 9.10. The fraction of sp³-hybridized carbons (Fsp3) is 0.533. The van der Waals surface area contributed by atoms with Crippen LogP contribution in [-0.4, -0.2) is 69.9 Å². The Morgan fingerprint density at radius 2 is 1.98 bits per heavy atom. The quantitative estimate of drug-likeness (QED) is 0.305. The SMILES string of the molecule is COCCCn1c(C2CCCN(C(=O)CC(Cc3ccc(Br)cc3)NC(=O)OC(C)(C)C)C2)nc2ccncc21. The fourth-order valence-corrected chi connectivity index (χ4v) is 5.47. The number of benzene rings is 1. The molecule has 1 fully saturated rings. The van der Waals surface area contributed by atoms with Gasteiger partial charge in [0, 0.05) is 62.4 Å². The van der Waals surface area contributed by atoms with Crippen LogP contribution in [0, 0.1) is 0 Å². The van der Waals surface area contributed by atoms with Crippen LogP contribution in [0.1, 0.15) is 63.8 Å². The normalized spacial score (nSPS) is 16.6. The Balaban J connectivity index is 1.49. The molecule has 4 rings (SSSR count). The molecule has 1 N–H and O–H groups in total. The van der Waals surface area contributed by atoms with Crippen LogP contribution in [0.4, 0.5) is 4.79 Å². The van der Waals surface area contributed by atoms with Gasteiger partial charge >= 0.3 is 6.09 Å². The molecule has 3 heterocycles. The molecule has 40 heavy (non-hydrogen) atoms. The number of piperidine rings is 1. The molecular formula is C30H40BrN5O4. The number of nitrogens with one attached hydrogen (secondary N) is 1. The molecule has 9 nitrogen and oxygen atoms in total. The van der Waals surface area contributed by atoms with Crippen molar-refractivity contribution >= 4 is 39.0 Å². The Hall–Kier alpha value is -2.98. The smallest absolute Gasteiger partial charge is 0.407 e. The first-order valence-corrected chi connectivity index (χ1v) is 14.7. The maximum Gasteiger partial charge on any atom is 0.407 e. The largest absolute Gasteiger partial charge is 0.444 e. The minimum absolute atomic E-state index is 0.0200. The van der Waals surface area contributed by atoms with Gasteiger partial charge in [-0.05, 0) is 70.2 Å². The zero-order chi connectivity index (χ0) is 28.7. The first-order chi connectivity index (χ1) is 19.1. The van der Waals surface area contributed by atoms with Crippen LogP contribution >= 0.6 is 15.9 Å². The van der Waals surface area contributed by atoms with Crippen LogP contribution in [-0.2, 0) is 27.2 Å². The average molecular weight is 615 g/mol. The number of halogens is 1. The summed E-state index contributed by atoms with van der Waals surface area (Å²) in [6.45, 7) is 8.22. The Labute approximate surface area is 244 Å². The van der Waals surface area contributed by atoms with Crippen molar-refractivity contribution in [2.24, 2.45) is 0 Å². The second kappa shape index (κ2) is 13.6. The number of carbonyl (C=O) groups is 2. The summed E-state index contributed by atoms with van der Waals surface area (Å²) in [5, 5.41) is 2.95. The van der Waals surface area contributed by atoms with Crippen molar-refractivity contribution in [2.45, 2.75) is 77.0 Å². The van der Waals surface area contributed by atoms with Crippen molar-refractivity contribution in [1.82, 2.24) is 24.8 Å². The lowest BCUT2D eigenvalue weighted by Crippen LogP contribution is -2.46. The van der Waals surface area contributed by atoms with Crippen LogP contribution in [0.3, 0.4) is 0 Å². The fourth-order valence-electron chi connectivity index (χ4n) is 5.21. The minimum atomic E-state index is -0.624. The number of fused-ring (bicyclic) bond motifs is 1. The molecular weight excluding hydrogens is 574 g/mol. The predicted octanol–water partition coefficient (Wildman–Crippen LogP) is 5.46. The van der Waals surface area contributed by atoms with Crippen LogP contribution < -0.4 is 5.32 Å². The summed E-state index contributed by atoms with van der Waals surface area (Å²) in [7, 11) is 1.71. The van der Waals surface area contributed by atoms with E-state index in [9.17, 15) is 9.59 Å². The maximum absolute atomic E-state index is 13.6. The molecule has 0 saturated carbocycles. The Morgan fingerprint density at radius 1 is 1.20 bits per heavy atom. The molecule has 2 amide bonds. The third-order valence-corrected chi connectivity index (χ3v) is 7.52. The van der Waals surface area contributed by atoms with Gasteiger partial charge in [0.25, 0.3) is 0 Å². The highest BCUT2D eigenvalue weighted by Gasteiger charge is 2.30. The van der Waals surface area contributed by atoms with E-state index in [1.54, 1.807) is 13.3 Å². The van der Waals surface area contributed by atoms with E-state index in [2.05, 4.69) is 30.8 Å². The van der Waals surface area contributed by atoms with Crippen molar-refractivity contribution < 1.29 is 19.1 Å². The summed E-state index contributed by atoms with van der Waals surface area (Å²) in [4.78, 5) is 37.5. The number of rotatable bonds is 10. The molecule has 2 atom stereocenters. The molecule has 0 radical (unpaired) electrons. The summed E-state index contributed by atoms with van der Waals surface area (Å²) >= 11 is 3.47. The lowest BCUT2D eigenvalue weighted by Gasteiger charge is -2.34. The predicted molar refractivity (Wildman–Crippen MR) is 158 cm³/mol. The van der Waals surface area contributed by atoms with Gasteiger partial charge in [0.05, 0.1) is 17.2 Å². The third kappa shape index (κ3) is 8.27. The van der Waals surface area contributed by atoms with Crippen molar-refractivity contribution in [2.75, 3.05) is 26.8 Å². The van der Waals surface area contributed by atoms with E-state index in [0.717, 1.165) is 52.7 Å².